The molecule has 1 N–H and O–H groups in total. The van der Waals surface area contributed by atoms with Crippen LogP contribution in [0.15, 0.2) is 48.5 Å². The van der Waals surface area contributed by atoms with Crippen LogP contribution in [0.3, 0.4) is 0 Å². The maximum Gasteiger partial charge on any atom is 0.104 e. The van der Waals surface area contributed by atoms with Gasteiger partial charge in [-0.1, -0.05) is 54.1 Å². The molecule has 0 heterocycles. The molecule has 1 atom stereocenters. The largest absolute Gasteiger partial charge is 0.384 e. The van der Waals surface area contributed by atoms with Gasteiger partial charge in [-0.05, 0) is 30.5 Å². The van der Waals surface area contributed by atoms with Crippen molar-refractivity contribution in [3.05, 3.63) is 70.8 Å². The van der Waals surface area contributed by atoms with Gasteiger partial charge in [-0.2, -0.15) is 0 Å². The number of benzene rings is 2. The summed E-state index contributed by atoms with van der Waals surface area (Å²) in [6.45, 7) is 4.06. The van der Waals surface area contributed by atoms with Gasteiger partial charge in [-0.25, -0.2) is 0 Å². The first kappa shape index (κ1) is 10.9. The molecule has 0 bridgehead atoms. The molecule has 1 nitrogen and oxygen atoms in total. The molecule has 2 aromatic carbocycles. The molecule has 0 aliphatic carbocycles. The molecule has 0 spiro atoms. The third kappa shape index (κ3) is 2.15. The van der Waals surface area contributed by atoms with E-state index in [4.69, 9.17) is 0 Å². The number of rotatable bonds is 2. The Balaban J connectivity index is 2.39. The molecule has 1 unspecified atom stereocenters. The van der Waals surface area contributed by atoms with Gasteiger partial charge in [0.15, 0.2) is 0 Å². The van der Waals surface area contributed by atoms with Crippen molar-refractivity contribution in [1.82, 2.24) is 0 Å². The van der Waals surface area contributed by atoms with Gasteiger partial charge in [-0.3, -0.25) is 0 Å². The first-order chi connectivity index (χ1) is 7.68. The van der Waals surface area contributed by atoms with Crippen LogP contribution in [-0.4, -0.2) is 5.11 Å². The van der Waals surface area contributed by atoms with Crippen LogP contribution in [-0.2, 0) is 0 Å². The van der Waals surface area contributed by atoms with Crippen LogP contribution in [0.1, 0.15) is 28.4 Å². The molecule has 0 aromatic heterocycles. The lowest BCUT2D eigenvalue weighted by Crippen LogP contribution is -2.01. The van der Waals surface area contributed by atoms with Crippen molar-refractivity contribution in [3.8, 4) is 0 Å². The minimum Gasteiger partial charge on any atom is -0.384 e. The lowest BCUT2D eigenvalue weighted by atomic mass is 9.97. The molecule has 0 fully saturated rings. The highest BCUT2D eigenvalue weighted by Gasteiger charge is 2.11. The molecule has 0 radical (unpaired) electrons. The molecule has 0 amide bonds. The molecule has 16 heavy (non-hydrogen) atoms. The topological polar surface area (TPSA) is 20.2 Å². The predicted molar refractivity (Wildman–Crippen MR) is 66.4 cm³/mol. The fourth-order valence-corrected chi connectivity index (χ4v) is 1.91. The molecule has 0 saturated heterocycles. The van der Waals surface area contributed by atoms with Gasteiger partial charge in [0.05, 0.1) is 0 Å². The van der Waals surface area contributed by atoms with Crippen molar-refractivity contribution in [2.75, 3.05) is 0 Å². The standard InChI is InChI=1S/C15H16O/c1-11-6-5-8-13(10-11)15(16)14-9-4-3-7-12(14)2/h3-10,15-16H,1-2H3. The van der Waals surface area contributed by atoms with E-state index >= 15 is 0 Å². The normalized spacial score (nSPS) is 12.4. The zero-order valence-corrected chi connectivity index (χ0v) is 9.64. The van der Waals surface area contributed by atoms with Crippen molar-refractivity contribution in [3.63, 3.8) is 0 Å². The number of aryl methyl sites for hydroxylation is 2. The van der Waals surface area contributed by atoms with Gasteiger partial charge >= 0.3 is 0 Å². The molecule has 82 valence electrons. The second-order valence-corrected chi connectivity index (χ2v) is 4.17. The Hall–Kier alpha value is -1.60. The summed E-state index contributed by atoms with van der Waals surface area (Å²) < 4.78 is 0. The maximum absolute atomic E-state index is 10.3. The Morgan fingerprint density at radius 3 is 2.38 bits per heavy atom. The molecule has 1 heteroatoms. The van der Waals surface area contributed by atoms with Gasteiger partial charge in [-0.15, -0.1) is 0 Å². The van der Waals surface area contributed by atoms with Gasteiger partial charge in [0, 0.05) is 0 Å². The van der Waals surface area contributed by atoms with E-state index in [1.807, 2.05) is 62.4 Å². The third-order valence-corrected chi connectivity index (χ3v) is 2.84. The highest BCUT2D eigenvalue weighted by molar-refractivity contribution is 5.36. The lowest BCUT2D eigenvalue weighted by molar-refractivity contribution is 0.219. The summed E-state index contributed by atoms with van der Waals surface area (Å²) >= 11 is 0. The van der Waals surface area contributed by atoms with Crippen molar-refractivity contribution in [1.29, 1.82) is 0 Å². The quantitative estimate of drug-likeness (QED) is 0.809. The number of aliphatic hydroxyl groups excluding tert-OH is 1. The maximum atomic E-state index is 10.3. The minimum atomic E-state index is -0.527. The van der Waals surface area contributed by atoms with E-state index in [-0.39, 0.29) is 0 Å². The number of hydrogen-bond donors (Lipinski definition) is 1. The molecule has 0 aliphatic rings. The Bertz CT molecular complexity index is 488. The van der Waals surface area contributed by atoms with E-state index in [0.29, 0.717) is 0 Å². The predicted octanol–water partition coefficient (Wildman–Crippen LogP) is 3.39. The summed E-state index contributed by atoms with van der Waals surface area (Å²) in [5, 5.41) is 10.3. The Labute approximate surface area is 96.4 Å². The van der Waals surface area contributed by atoms with Crippen LogP contribution in [0, 0.1) is 13.8 Å². The van der Waals surface area contributed by atoms with E-state index in [1.165, 1.54) is 5.56 Å². The molecule has 2 rings (SSSR count). The van der Waals surface area contributed by atoms with Crippen LogP contribution in [0.4, 0.5) is 0 Å². The van der Waals surface area contributed by atoms with Gasteiger partial charge < -0.3 is 5.11 Å². The molecule has 0 aliphatic heterocycles. The average molecular weight is 212 g/mol. The highest BCUT2D eigenvalue weighted by Crippen LogP contribution is 2.24. The fourth-order valence-electron chi connectivity index (χ4n) is 1.91. The summed E-state index contributed by atoms with van der Waals surface area (Å²) in [4.78, 5) is 0. The molecular weight excluding hydrogens is 196 g/mol. The van der Waals surface area contributed by atoms with Crippen LogP contribution in [0.2, 0.25) is 0 Å². The fraction of sp³-hybridized carbons (Fsp3) is 0.200. The van der Waals surface area contributed by atoms with E-state index in [9.17, 15) is 5.11 Å². The van der Waals surface area contributed by atoms with Crippen molar-refractivity contribution < 1.29 is 5.11 Å². The smallest absolute Gasteiger partial charge is 0.104 e. The van der Waals surface area contributed by atoms with Crippen LogP contribution in [0.5, 0.6) is 0 Å². The Morgan fingerprint density at radius 1 is 0.938 bits per heavy atom. The Morgan fingerprint density at radius 2 is 1.69 bits per heavy atom. The van der Waals surface area contributed by atoms with Crippen molar-refractivity contribution in [2.24, 2.45) is 0 Å². The second kappa shape index (κ2) is 4.50. The first-order valence-corrected chi connectivity index (χ1v) is 5.48. The minimum absolute atomic E-state index is 0.527. The van der Waals surface area contributed by atoms with Gasteiger partial charge in [0.2, 0.25) is 0 Å². The molecular formula is C15H16O. The average Bonchev–Trinajstić information content (AvgIpc) is 2.29. The summed E-state index contributed by atoms with van der Waals surface area (Å²) in [5.41, 5.74) is 4.23. The molecule has 2 aromatic rings. The first-order valence-electron chi connectivity index (χ1n) is 5.48. The SMILES string of the molecule is Cc1cccc(C(O)c2ccccc2C)c1. The zero-order valence-electron chi connectivity index (χ0n) is 9.64. The van der Waals surface area contributed by atoms with Crippen LogP contribution in [0.25, 0.3) is 0 Å². The van der Waals surface area contributed by atoms with Crippen molar-refractivity contribution >= 4 is 0 Å². The Kier molecular flexibility index (Phi) is 3.07. The monoisotopic (exact) mass is 212 g/mol. The summed E-state index contributed by atoms with van der Waals surface area (Å²) in [6.07, 6.45) is -0.527. The molecule has 0 saturated carbocycles. The van der Waals surface area contributed by atoms with E-state index < -0.39 is 6.10 Å². The number of hydrogen-bond acceptors (Lipinski definition) is 1. The van der Waals surface area contributed by atoms with Crippen LogP contribution >= 0.6 is 0 Å². The summed E-state index contributed by atoms with van der Waals surface area (Å²) in [6, 6.07) is 15.9. The summed E-state index contributed by atoms with van der Waals surface area (Å²) in [7, 11) is 0. The third-order valence-electron chi connectivity index (χ3n) is 2.84. The van der Waals surface area contributed by atoms with Gasteiger partial charge in [0.25, 0.3) is 0 Å². The van der Waals surface area contributed by atoms with E-state index in [0.717, 1.165) is 16.7 Å². The van der Waals surface area contributed by atoms with Gasteiger partial charge in [0.1, 0.15) is 6.10 Å². The highest BCUT2D eigenvalue weighted by atomic mass is 16.3. The second-order valence-electron chi connectivity index (χ2n) is 4.17. The van der Waals surface area contributed by atoms with E-state index in [2.05, 4.69) is 0 Å². The van der Waals surface area contributed by atoms with Crippen LogP contribution < -0.4 is 0 Å². The number of aliphatic hydroxyl groups is 1. The zero-order chi connectivity index (χ0) is 11.5. The van der Waals surface area contributed by atoms with Crippen molar-refractivity contribution in [2.45, 2.75) is 20.0 Å². The summed E-state index contributed by atoms with van der Waals surface area (Å²) in [5.74, 6) is 0. The lowest BCUT2D eigenvalue weighted by Gasteiger charge is -2.14. The van der Waals surface area contributed by atoms with E-state index in [1.54, 1.807) is 0 Å².